The summed E-state index contributed by atoms with van der Waals surface area (Å²) in [7, 11) is 0. The highest BCUT2D eigenvalue weighted by atomic mass is 19.4. The van der Waals surface area contributed by atoms with Crippen LogP contribution in [0.2, 0.25) is 0 Å². The molecule has 0 saturated heterocycles. The fourth-order valence-corrected chi connectivity index (χ4v) is 2.73. The lowest BCUT2D eigenvalue weighted by Crippen LogP contribution is -2.24. The van der Waals surface area contributed by atoms with Gasteiger partial charge in [-0.1, -0.05) is 13.8 Å². The average Bonchev–Trinajstić information content (AvgIpc) is 2.65. The van der Waals surface area contributed by atoms with Crippen molar-refractivity contribution in [3.8, 4) is 11.4 Å². The Kier molecular flexibility index (Phi) is 7.47. The highest BCUT2D eigenvalue weighted by molar-refractivity contribution is 5.38. The van der Waals surface area contributed by atoms with E-state index in [-0.39, 0.29) is 0 Å². The Morgan fingerprint density at radius 2 is 1.67 bits per heavy atom. The Hall–Kier alpha value is -2.28. The molecule has 1 aromatic carbocycles. The van der Waals surface area contributed by atoms with E-state index in [0.717, 1.165) is 55.4 Å². The summed E-state index contributed by atoms with van der Waals surface area (Å²) in [6, 6.07) is 8.18. The van der Waals surface area contributed by atoms with Gasteiger partial charge in [-0.3, -0.25) is 9.36 Å². The van der Waals surface area contributed by atoms with Gasteiger partial charge in [-0.05, 0) is 62.8 Å². The third kappa shape index (κ3) is 6.13. The number of pyridine rings is 1. The molecule has 4 nitrogen and oxygen atoms in total. The lowest BCUT2D eigenvalue weighted by Gasteiger charge is -2.17. The lowest BCUT2D eigenvalue weighted by molar-refractivity contribution is -0.138. The van der Waals surface area contributed by atoms with Crippen LogP contribution in [-0.2, 0) is 6.18 Å². The smallest absolute Gasteiger partial charge is 0.417 e. The maximum absolute atomic E-state index is 12.8. The molecule has 27 heavy (non-hydrogen) atoms. The molecule has 2 rings (SSSR count). The molecular weight excluding hydrogens is 357 g/mol. The Bertz CT molecular complexity index is 766. The number of hydrogen-bond acceptors (Lipinski definition) is 3. The fourth-order valence-electron chi connectivity index (χ4n) is 2.73. The van der Waals surface area contributed by atoms with Crippen molar-refractivity contribution in [1.82, 2.24) is 9.47 Å². The predicted octanol–water partition coefficient (Wildman–Crippen LogP) is 4.36. The molecule has 0 unspecified atom stereocenters. The zero-order valence-electron chi connectivity index (χ0n) is 15.6. The number of halogens is 3. The minimum absolute atomic E-state index is 0.361. The van der Waals surface area contributed by atoms with Gasteiger partial charge in [-0.15, -0.1) is 0 Å². The van der Waals surface area contributed by atoms with Crippen LogP contribution in [0.3, 0.4) is 0 Å². The zero-order chi connectivity index (χ0) is 19.9. The second kappa shape index (κ2) is 9.60. The van der Waals surface area contributed by atoms with Crippen molar-refractivity contribution in [2.45, 2.75) is 32.9 Å². The van der Waals surface area contributed by atoms with Gasteiger partial charge >= 0.3 is 6.18 Å². The molecule has 0 spiro atoms. The molecule has 1 heterocycles. The van der Waals surface area contributed by atoms with Crippen LogP contribution in [0.1, 0.15) is 32.3 Å². The SMILES string of the molecule is CCN(CC)CCCCOc1ccc(-n2cc(C(F)(F)F)ccc2=O)cc1. The minimum atomic E-state index is -4.50. The van der Waals surface area contributed by atoms with E-state index in [1.54, 1.807) is 24.3 Å². The molecule has 7 heteroatoms. The van der Waals surface area contributed by atoms with Gasteiger partial charge in [-0.2, -0.15) is 13.2 Å². The van der Waals surface area contributed by atoms with Crippen molar-refractivity contribution in [2.24, 2.45) is 0 Å². The van der Waals surface area contributed by atoms with Crippen LogP contribution in [0, 0.1) is 0 Å². The maximum atomic E-state index is 12.8. The Balaban J connectivity index is 1.95. The maximum Gasteiger partial charge on any atom is 0.417 e. The molecular formula is C20H25F3N2O2. The number of unbranched alkanes of at least 4 members (excludes halogenated alkanes) is 1. The monoisotopic (exact) mass is 382 g/mol. The molecule has 0 aliphatic carbocycles. The largest absolute Gasteiger partial charge is 0.494 e. The summed E-state index contributed by atoms with van der Waals surface area (Å²) in [6.45, 7) is 7.95. The number of rotatable bonds is 9. The van der Waals surface area contributed by atoms with Crippen molar-refractivity contribution in [2.75, 3.05) is 26.2 Å². The summed E-state index contributed by atoms with van der Waals surface area (Å²) in [5, 5.41) is 0. The Morgan fingerprint density at radius 3 is 2.26 bits per heavy atom. The lowest BCUT2D eigenvalue weighted by atomic mass is 10.2. The topological polar surface area (TPSA) is 34.5 Å². The molecule has 0 aliphatic heterocycles. The van der Waals surface area contributed by atoms with Gasteiger partial charge in [-0.25, -0.2) is 0 Å². The van der Waals surface area contributed by atoms with Crippen molar-refractivity contribution in [3.63, 3.8) is 0 Å². The van der Waals surface area contributed by atoms with Crippen LogP contribution >= 0.6 is 0 Å². The van der Waals surface area contributed by atoms with E-state index in [1.165, 1.54) is 0 Å². The summed E-state index contributed by atoms with van der Waals surface area (Å²) in [5.41, 5.74) is -1.02. The van der Waals surface area contributed by atoms with Gasteiger partial charge < -0.3 is 9.64 Å². The van der Waals surface area contributed by atoms with Crippen molar-refractivity contribution in [3.05, 3.63) is 58.5 Å². The molecule has 2 aromatic rings. The quantitative estimate of drug-likeness (QED) is 0.605. The van der Waals surface area contributed by atoms with Gasteiger partial charge in [0.15, 0.2) is 0 Å². The normalized spacial score (nSPS) is 11.8. The molecule has 0 amide bonds. The van der Waals surface area contributed by atoms with Crippen molar-refractivity contribution in [1.29, 1.82) is 0 Å². The third-order valence-electron chi connectivity index (χ3n) is 4.39. The first-order valence-electron chi connectivity index (χ1n) is 9.10. The standard InChI is InChI=1S/C20H25F3N2O2/c1-3-24(4-2)13-5-6-14-27-18-10-8-17(9-11-18)25-15-16(20(21,22)23)7-12-19(25)26/h7-12,15H,3-6,13-14H2,1-2H3. The van der Waals surface area contributed by atoms with Gasteiger partial charge in [0, 0.05) is 18.0 Å². The van der Waals surface area contributed by atoms with Crippen LogP contribution < -0.4 is 10.3 Å². The molecule has 0 bridgehead atoms. The van der Waals surface area contributed by atoms with E-state index in [0.29, 0.717) is 18.0 Å². The molecule has 0 saturated carbocycles. The van der Waals surface area contributed by atoms with Gasteiger partial charge in [0.25, 0.3) is 5.56 Å². The van der Waals surface area contributed by atoms with Crippen molar-refractivity contribution >= 4 is 0 Å². The molecule has 0 N–H and O–H groups in total. The minimum Gasteiger partial charge on any atom is -0.494 e. The highest BCUT2D eigenvalue weighted by Gasteiger charge is 2.31. The van der Waals surface area contributed by atoms with Gasteiger partial charge in [0.1, 0.15) is 5.75 Å². The second-order valence-corrected chi connectivity index (χ2v) is 6.20. The summed E-state index contributed by atoms with van der Waals surface area (Å²) >= 11 is 0. The summed E-state index contributed by atoms with van der Waals surface area (Å²) in [6.07, 6.45) is -1.72. The number of hydrogen-bond donors (Lipinski definition) is 0. The number of benzene rings is 1. The van der Waals surface area contributed by atoms with Crippen LogP contribution in [0.5, 0.6) is 5.75 Å². The van der Waals surface area contributed by atoms with E-state index < -0.39 is 17.3 Å². The zero-order valence-corrected chi connectivity index (χ0v) is 15.6. The highest BCUT2D eigenvalue weighted by Crippen LogP contribution is 2.28. The first-order valence-corrected chi connectivity index (χ1v) is 9.10. The fraction of sp³-hybridized carbons (Fsp3) is 0.450. The molecule has 0 fully saturated rings. The third-order valence-corrected chi connectivity index (χ3v) is 4.39. The molecule has 0 radical (unpaired) electrons. The molecule has 1 aromatic heterocycles. The number of aromatic nitrogens is 1. The predicted molar refractivity (Wildman–Crippen MR) is 99.6 cm³/mol. The molecule has 0 aliphatic rings. The molecule has 0 atom stereocenters. The summed E-state index contributed by atoms with van der Waals surface area (Å²) in [5.74, 6) is 0.626. The molecule has 148 valence electrons. The van der Waals surface area contributed by atoms with Crippen LogP contribution in [0.4, 0.5) is 13.2 Å². The van der Waals surface area contributed by atoms with E-state index in [4.69, 9.17) is 4.74 Å². The van der Waals surface area contributed by atoms with Gasteiger partial charge in [0.05, 0.1) is 12.2 Å². The number of alkyl halides is 3. The number of ether oxygens (including phenoxy) is 1. The second-order valence-electron chi connectivity index (χ2n) is 6.20. The summed E-state index contributed by atoms with van der Waals surface area (Å²) in [4.78, 5) is 14.2. The van der Waals surface area contributed by atoms with E-state index in [9.17, 15) is 18.0 Å². The Labute approximate surface area is 157 Å². The van der Waals surface area contributed by atoms with Crippen molar-refractivity contribution < 1.29 is 17.9 Å². The average molecular weight is 382 g/mol. The first-order chi connectivity index (χ1) is 12.8. The Morgan fingerprint density at radius 1 is 1.00 bits per heavy atom. The number of nitrogens with zero attached hydrogens (tertiary/aromatic N) is 2. The first kappa shape index (κ1) is 21.0. The summed E-state index contributed by atoms with van der Waals surface area (Å²) < 4.78 is 45.2. The van der Waals surface area contributed by atoms with Crippen LogP contribution in [-0.4, -0.2) is 35.7 Å². The van der Waals surface area contributed by atoms with Crippen LogP contribution in [0.15, 0.2) is 47.4 Å². The van der Waals surface area contributed by atoms with E-state index in [2.05, 4.69) is 18.7 Å². The van der Waals surface area contributed by atoms with Crippen LogP contribution in [0.25, 0.3) is 5.69 Å². The van der Waals surface area contributed by atoms with Gasteiger partial charge in [0.2, 0.25) is 0 Å². The van der Waals surface area contributed by atoms with E-state index in [1.807, 2.05) is 0 Å². The van der Waals surface area contributed by atoms with E-state index >= 15 is 0 Å².